The summed E-state index contributed by atoms with van der Waals surface area (Å²) in [6.45, 7) is 3.07. The van der Waals surface area contributed by atoms with Gasteiger partial charge in [0.2, 0.25) is 5.88 Å². The number of halogens is 3. The first kappa shape index (κ1) is 23.5. The molecule has 4 heterocycles. The molecule has 3 aromatic heterocycles. The molecule has 0 saturated carbocycles. The smallest absolute Gasteiger partial charge is 0.417 e. The van der Waals surface area contributed by atoms with E-state index >= 15 is 0 Å². The Morgan fingerprint density at radius 1 is 1.24 bits per heavy atom. The zero-order valence-electron chi connectivity index (χ0n) is 18.5. The normalized spacial score (nSPS) is 18.6. The summed E-state index contributed by atoms with van der Waals surface area (Å²) < 4.78 is 51.6. The van der Waals surface area contributed by atoms with E-state index in [4.69, 9.17) is 9.47 Å². The molecular formula is C23H22F3N5O3. The number of ether oxygens (including phenoxy) is 2. The zero-order valence-corrected chi connectivity index (χ0v) is 18.5. The third kappa shape index (κ3) is 4.68. The number of alkyl halides is 3. The average molecular weight is 473 g/mol. The molecule has 4 rings (SSSR count). The predicted molar refractivity (Wildman–Crippen MR) is 118 cm³/mol. The lowest BCUT2D eigenvalue weighted by molar-refractivity contribution is -0.137. The van der Waals surface area contributed by atoms with Gasteiger partial charge >= 0.3 is 6.18 Å². The summed E-state index contributed by atoms with van der Waals surface area (Å²) in [5.41, 5.74) is 0.889. The first-order valence-corrected chi connectivity index (χ1v) is 10.7. The van der Waals surface area contributed by atoms with E-state index < -0.39 is 23.9 Å². The van der Waals surface area contributed by atoms with Crippen molar-refractivity contribution in [3.8, 4) is 11.9 Å². The van der Waals surface area contributed by atoms with Gasteiger partial charge in [0.25, 0.3) is 5.56 Å². The van der Waals surface area contributed by atoms with Crippen LogP contribution in [0.4, 0.5) is 18.9 Å². The van der Waals surface area contributed by atoms with Gasteiger partial charge in [0, 0.05) is 51.5 Å². The molecule has 1 saturated heterocycles. The highest BCUT2D eigenvalue weighted by Gasteiger charge is 2.34. The first-order valence-electron chi connectivity index (χ1n) is 10.7. The summed E-state index contributed by atoms with van der Waals surface area (Å²) in [5.74, 6) is 0.0792. The highest BCUT2D eigenvalue weighted by Crippen LogP contribution is 2.31. The van der Waals surface area contributed by atoms with Crippen LogP contribution in [0.15, 0.2) is 41.3 Å². The molecular weight excluding hydrogens is 451 g/mol. The number of nitrogens with zero attached hydrogens (tertiary/aromatic N) is 5. The highest BCUT2D eigenvalue weighted by atomic mass is 19.4. The molecule has 1 fully saturated rings. The van der Waals surface area contributed by atoms with Crippen molar-refractivity contribution in [2.45, 2.75) is 31.7 Å². The number of hydrogen-bond acceptors (Lipinski definition) is 7. The van der Waals surface area contributed by atoms with Crippen LogP contribution in [0, 0.1) is 11.3 Å². The van der Waals surface area contributed by atoms with Crippen LogP contribution in [0.25, 0.3) is 11.0 Å². The van der Waals surface area contributed by atoms with Gasteiger partial charge in [0.15, 0.2) is 0 Å². The lowest BCUT2D eigenvalue weighted by atomic mass is 10.0. The number of aryl methyl sites for hydroxylation is 1. The fourth-order valence-electron chi connectivity index (χ4n) is 4.01. The van der Waals surface area contributed by atoms with Gasteiger partial charge in [-0.25, -0.2) is 9.97 Å². The van der Waals surface area contributed by atoms with Crippen LogP contribution in [-0.2, 0) is 18.0 Å². The Bertz CT molecular complexity index is 1280. The number of pyridine rings is 3. The average Bonchev–Trinajstić information content (AvgIpc) is 2.82. The largest absolute Gasteiger partial charge is 0.471 e. The third-order valence-electron chi connectivity index (χ3n) is 5.74. The number of hydrogen-bond donors (Lipinski definition) is 0. The second kappa shape index (κ2) is 9.30. The molecule has 1 aliphatic rings. The Balaban J connectivity index is 1.60. The first-order chi connectivity index (χ1) is 16.2. The Morgan fingerprint density at radius 2 is 2.03 bits per heavy atom. The standard InChI is InChI=1S/C23H22F3N5O3/c1-3-33-19-13-31(9-8-18(19)34-20-7-4-14(12-28-20)23(24,25)26)17-10-21(32)30(2)16-6-5-15(11-27)29-22(16)17/h4-7,10,12,18-19H,3,8-9,13H2,1-2H3. The number of anilines is 1. The van der Waals surface area contributed by atoms with E-state index in [0.717, 1.165) is 12.3 Å². The van der Waals surface area contributed by atoms with Crippen molar-refractivity contribution in [1.82, 2.24) is 14.5 Å². The molecule has 8 nitrogen and oxygen atoms in total. The van der Waals surface area contributed by atoms with Crippen LogP contribution in [0.5, 0.6) is 5.88 Å². The molecule has 0 radical (unpaired) electrons. The van der Waals surface area contributed by atoms with Gasteiger partial charge in [0.1, 0.15) is 29.5 Å². The Labute approximate surface area is 193 Å². The molecule has 0 bridgehead atoms. The number of nitriles is 1. The maximum absolute atomic E-state index is 12.8. The molecule has 0 amide bonds. The Kier molecular flexibility index (Phi) is 6.43. The Hall–Kier alpha value is -3.65. The number of piperidine rings is 1. The molecule has 178 valence electrons. The lowest BCUT2D eigenvalue weighted by Crippen LogP contribution is -2.51. The molecule has 0 aromatic carbocycles. The summed E-state index contributed by atoms with van der Waals surface area (Å²) in [4.78, 5) is 22.7. The van der Waals surface area contributed by atoms with Crippen molar-refractivity contribution < 1.29 is 22.6 Å². The van der Waals surface area contributed by atoms with E-state index in [1.807, 2.05) is 17.9 Å². The summed E-state index contributed by atoms with van der Waals surface area (Å²) in [7, 11) is 1.64. The van der Waals surface area contributed by atoms with Crippen LogP contribution < -0.4 is 15.2 Å². The minimum atomic E-state index is -4.47. The van der Waals surface area contributed by atoms with Gasteiger partial charge in [-0.1, -0.05) is 0 Å². The van der Waals surface area contributed by atoms with E-state index in [1.54, 1.807) is 19.2 Å². The van der Waals surface area contributed by atoms with E-state index in [-0.39, 0.29) is 17.1 Å². The van der Waals surface area contributed by atoms with Gasteiger partial charge in [0.05, 0.1) is 16.8 Å². The lowest BCUT2D eigenvalue weighted by Gasteiger charge is -2.39. The molecule has 0 aliphatic carbocycles. The highest BCUT2D eigenvalue weighted by molar-refractivity contribution is 5.88. The van der Waals surface area contributed by atoms with Crippen molar-refractivity contribution >= 4 is 16.7 Å². The third-order valence-corrected chi connectivity index (χ3v) is 5.74. The van der Waals surface area contributed by atoms with Gasteiger partial charge in [-0.2, -0.15) is 18.4 Å². The van der Waals surface area contributed by atoms with Crippen molar-refractivity contribution in [2.75, 3.05) is 24.6 Å². The molecule has 0 spiro atoms. The molecule has 2 unspecified atom stereocenters. The van der Waals surface area contributed by atoms with E-state index in [9.17, 15) is 23.2 Å². The molecule has 1 aliphatic heterocycles. The van der Waals surface area contributed by atoms with E-state index in [1.165, 1.54) is 16.7 Å². The van der Waals surface area contributed by atoms with Crippen molar-refractivity contribution in [3.05, 3.63) is 58.1 Å². The minimum Gasteiger partial charge on any atom is -0.471 e. The van der Waals surface area contributed by atoms with Crippen LogP contribution >= 0.6 is 0 Å². The molecule has 11 heteroatoms. The van der Waals surface area contributed by atoms with Crippen molar-refractivity contribution in [1.29, 1.82) is 5.26 Å². The second-order valence-corrected chi connectivity index (χ2v) is 7.87. The molecule has 34 heavy (non-hydrogen) atoms. The minimum absolute atomic E-state index is 0.0792. The summed E-state index contributed by atoms with van der Waals surface area (Å²) in [5, 5.41) is 9.27. The quantitative estimate of drug-likeness (QED) is 0.561. The monoisotopic (exact) mass is 473 g/mol. The topological polar surface area (TPSA) is 93.3 Å². The fourth-order valence-corrected chi connectivity index (χ4v) is 4.01. The Morgan fingerprint density at radius 3 is 2.68 bits per heavy atom. The maximum Gasteiger partial charge on any atom is 0.417 e. The van der Waals surface area contributed by atoms with Gasteiger partial charge < -0.3 is 18.9 Å². The van der Waals surface area contributed by atoms with Crippen LogP contribution in [-0.4, -0.2) is 46.4 Å². The second-order valence-electron chi connectivity index (χ2n) is 7.87. The van der Waals surface area contributed by atoms with Crippen LogP contribution in [0.2, 0.25) is 0 Å². The fraction of sp³-hybridized carbons (Fsp3) is 0.391. The van der Waals surface area contributed by atoms with Crippen molar-refractivity contribution in [2.24, 2.45) is 7.05 Å². The van der Waals surface area contributed by atoms with Crippen molar-refractivity contribution in [3.63, 3.8) is 0 Å². The van der Waals surface area contributed by atoms with E-state index in [2.05, 4.69) is 9.97 Å². The number of fused-ring (bicyclic) bond motifs is 1. The van der Waals surface area contributed by atoms with E-state index in [0.29, 0.717) is 42.8 Å². The SMILES string of the molecule is CCOC1CN(c2cc(=O)n(C)c3ccc(C#N)nc23)CCC1Oc1ccc(C(F)(F)F)cn1. The van der Waals surface area contributed by atoms with Gasteiger partial charge in [-0.3, -0.25) is 4.79 Å². The molecule has 2 atom stereocenters. The number of rotatable bonds is 5. The molecule has 3 aromatic rings. The summed E-state index contributed by atoms with van der Waals surface area (Å²) >= 11 is 0. The number of aromatic nitrogens is 3. The van der Waals surface area contributed by atoms with Crippen LogP contribution in [0.1, 0.15) is 24.6 Å². The van der Waals surface area contributed by atoms with Gasteiger partial charge in [-0.05, 0) is 25.1 Å². The zero-order chi connectivity index (χ0) is 24.5. The van der Waals surface area contributed by atoms with Gasteiger partial charge in [-0.15, -0.1) is 0 Å². The predicted octanol–water partition coefficient (Wildman–Crippen LogP) is 3.28. The maximum atomic E-state index is 12.8. The summed E-state index contributed by atoms with van der Waals surface area (Å²) in [6.07, 6.45) is -4.13. The molecule has 0 N–H and O–H groups in total. The summed E-state index contributed by atoms with van der Waals surface area (Å²) in [6, 6.07) is 8.88. The van der Waals surface area contributed by atoms with Crippen LogP contribution in [0.3, 0.4) is 0 Å².